The van der Waals surface area contributed by atoms with Crippen LogP contribution in [0.4, 0.5) is 0 Å². The van der Waals surface area contributed by atoms with E-state index >= 15 is 0 Å². The second-order valence-corrected chi connectivity index (χ2v) is 8.90. The minimum atomic E-state index is 0.554. The highest BCUT2D eigenvalue weighted by atomic mass is 32.2. The molecule has 1 saturated heterocycles. The molecule has 0 aromatic carbocycles. The Kier molecular flexibility index (Phi) is 8.19. The number of likely N-dealkylation sites (N-methyl/N-ethyl adjacent to an activating group) is 1. The third-order valence-electron chi connectivity index (χ3n) is 5.62. The van der Waals surface area contributed by atoms with E-state index < -0.39 is 0 Å². The first-order valence-electron chi connectivity index (χ1n) is 10.4. The van der Waals surface area contributed by atoms with Gasteiger partial charge in [0.2, 0.25) is 0 Å². The summed E-state index contributed by atoms with van der Waals surface area (Å²) >= 11 is 1.87. The highest BCUT2D eigenvalue weighted by Crippen LogP contribution is 2.34. The number of nitrogens with zero attached hydrogens (tertiary/aromatic N) is 3. The topological polar surface area (TPSA) is 45.4 Å². The summed E-state index contributed by atoms with van der Waals surface area (Å²) in [4.78, 5) is 10.5. The molecule has 2 heterocycles. The summed E-state index contributed by atoms with van der Waals surface area (Å²) in [6.07, 6.45) is 14.9. The standard InChI is InChI=1S/C23H34N4S/c1-19-8-4-3-5-9-20(19)16-22(24)23(21-10-6-11-25-17-21)28-18-27-13-7-12-26(2)14-15-27/h3-4,6,9-11,17,19H,5,7-8,12-16,18,24H2,1-2H3/b23-22-. The van der Waals surface area contributed by atoms with E-state index in [0.717, 1.165) is 56.0 Å². The highest BCUT2D eigenvalue weighted by molar-refractivity contribution is 8.08. The third kappa shape index (κ3) is 6.23. The van der Waals surface area contributed by atoms with Crippen molar-refractivity contribution >= 4 is 16.7 Å². The predicted molar refractivity (Wildman–Crippen MR) is 122 cm³/mol. The lowest BCUT2D eigenvalue weighted by molar-refractivity contribution is 0.313. The Hall–Kier alpha value is -1.56. The first kappa shape index (κ1) is 21.2. The molecular weight excluding hydrogens is 364 g/mol. The summed E-state index contributed by atoms with van der Waals surface area (Å²) in [5.74, 6) is 1.54. The second kappa shape index (κ2) is 10.8. The number of hydrogen-bond donors (Lipinski definition) is 1. The third-order valence-corrected chi connectivity index (χ3v) is 6.90. The monoisotopic (exact) mass is 398 g/mol. The Morgan fingerprint density at radius 2 is 2.14 bits per heavy atom. The number of allylic oxidation sites excluding steroid dienone is 4. The van der Waals surface area contributed by atoms with Gasteiger partial charge in [-0.15, -0.1) is 11.8 Å². The minimum absolute atomic E-state index is 0.554. The number of aromatic nitrogens is 1. The second-order valence-electron chi connectivity index (χ2n) is 7.94. The minimum Gasteiger partial charge on any atom is -0.401 e. The molecule has 1 aromatic rings. The van der Waals surface area contributed by atoms with Crippen molar-refractivity contribution in [2.75, 3.05) is 39.1 Å². The van der Waals surface area contributed by atoms with Crippen LogP contribution in [0.1, 0.15) is 38.2 Å². The molecule has 4 nitrogen and oxygen atoms in total. The quantitative estimate of drug-likeness (QED) is 0.722. The largest absolute Gasteiger partial charge is 0.401 e. The molecule has 1 aliphatic heterocycles. The van der Waals surface area contributed by atoms with Gasteiger partial charge in [0.05, 0.1) is 0 Å². The van der Waals surface area contributed by atoms with Crippen molar-refractivity contribution in [3.8, 4) is 0 Å². The molecule has 1 aromatic heterocycles. The lowest BCUT2D eigenvalue weighted by atomic mass is 9.94. The molecule has 1 atom stereocenters. The summed E-state index contributed by atoms with van der Waals surface area (Å²) in [5, 5.41) is 0. The van der Waals surface area contributed by atoms with Crippen molar-refractivity contribution < 1.29 is 0 Å². The molecule has 1 fully saturated rings. The molecule has 0 bridgehead atoms. The van der Waals surface area contributed by atoms with Crippen LogP contribution in [-0.4, -0.2) is 53.9 Å². The molecule has 1 aliphatic carbocycles. The van der Waals surface area contributed by atoms with Gasteiger partial charge in [-0.2, -0.15) is 0 Å². The fourth-order valence-electron chi connectivity index (χ4n) is 3.76. The molecule has 152 valence electrons. The lowest BCUT2D eigenvalue weighted by Crippen LogP contribution is -2.28. The summed E-state index contributed by atoms with van der Waals surface area (Å²) in [7, 11) is 2.21. The van der Waals surface area contributed by atoms with Crippen LogP contribution in [0.25, 0.3) is 4.91 Å². The van der Waals surface area contributed by atoms with Gasteiger partial charge in [0.25, 0.3) is 0 Å². The molecule has 0 radical (unpaired) electrons. The molecule has 3 rings (SSSR count). The zero-order chi connectivity index (χ0) is 19.8. The SMILES string of the molecule is CC1CC=CCC=C1C/C(N)=C(/SCN1CCCN(C)CC1)c1cccnc1. The summed E-state index contributed by atoms with van der Waals surface area (Å²) in [6.45, 7) is 6.91. The Morgan fingerprint density at radius 1 is 1.25 bits per heavy atom. The van der Waals surface area contributed by atoms with Crippen molar-refractivity contribution in [1.82, 2.24) is 14.8 Å². The van der Waals surface area contributed by atoms with Gasteiger partial charge < -0.3 is 10.6 Å². The van der Waals surface area contributed by atoms with Crippen LogP contribution in [-0.2, 0) is 0 Å². The molecule has 1 unspecified atom stereocenters. The van der Waals surface area contributed by atoms with E-state index in [9.17, 15) is 0 Å². The van der Waals surface area contributed by atoms with Crippen LogP contribution in [0.2, 0.25) is 0 Å². The van der Waals surface area contributed by atoms with Gasteiger partial charge in [-0.1, -0.05) is 36.8 Å². The van der Waals surface area contributed by atoms with Crippen molar-refractivity contribution in [2.45, 2.75) is 32.6 Å². The summed E-state index contributed by atoms with van der Waals surface area (Å²) < 4.78 is 0. The first-order chi connectivity index (χ1) is 13.6. The summed E-state index contributed by atoms with van der Waals surface area (Å²) in [5.41, 5.74) is 10.3. The van der Waals surface area contributed by atoms with Crippen molar-refractivity contribution in [1.29, 1.82) is 0 Å². The highest BCUT2D eigenvalue weighted by Gasteiger charge is 2.17. The molecule has 0 spiro atoms. The Balaban J connectivity index is 1.74. The van der Waals surface area contributed by atoms with Crippen molar-refractivity contribution in [2.24, 2.45) is 11.7 Å². The van der Waals surface area contributed by atoms with Crippen LogP contribution >= 0.6 is 11.8 Å². The maximum Gasteiger partial charge on any atom is 0.0493 e. The molecule has 0 saturated carbocycles. The molecule has 0 amide bonds. The van der Waals surface area contributed by atoms with E-state index in [-0.39, 0.29) is 0 Å². The molecule has 5 heteroatoms. The fraction of sp³-hybridized carbons (Fsp3) is 0.522. The van der Waals surface area contributed by atoms with Crippen molar-refractivity contribution in [3.63, 3.8) is 0 Å². The molecule has 2 aliphatic rings. The van der Waals surface area contributed by atoms with Crippen LogP contribution in [0, 0.1) is 5.92 Å². The molecule has 2 N–H and O–H groups in total. The normalized spacial score (nSPS) is 22.9. The smallest absolute Gasteiger partial charge is 0.0493 e. The van der Waals surface area contributed by atoms with Crippen LogP contribution < -0.4 is 5.73 Å². The van der Waals surface area contributed by atoms with Crippen LogP contribution in [0.15, 0.2) is 54.0 Å². The van der Waals surface area contributed by atoms with Crippen LogP contribution in [0.3, 0.4) is 0 Å². The average Bonchev–Trinajstić information content (AvgIpc) is 3.03. The van der Waals surface area contributed by atoms with Crippen molar-refractivity contribution in [3.05, 3.63) is 59.6 Å². The number of thioether (sulfide) groups is 1. The van der Waals surface area contributed by atoms with Gasteiger partial charge in [0.1, 0.15) is 0 Å². The van der Waals surface area contributed by atoms with Gasteiger partial charge in [0.15, 0.2) is 0 Å². The van der Waals surface area contributed by atoms with E-state index in [2.05, 4.69) is 53.0 Å². The zero-order valence-corrected chi connectivity index (χ0v) is 18.1. The van der Waals surface area contributed by atoms with Gasteiger partial charge >= 0.3 is 0 Å². The fourth-order valence-corrected chi connectivity index (χ4v) is 4.87. The number of nitrogens with two attached hydrogens (primary N) is 1. The van der Waals surface area contributed by atoms with Gasteiger partial charge in [-0.05, 0) is 44.8 Å². The average molecular weight is 399 g/mol. The maximum atomic E-state index is 6.71. The predicted octanol–water partition coefficient (Wildman–Crippen LogP) is 4.34. The van der Waals surface area contributed by atoms with Gasteiger partial charge in [-0.3, -0.25) is 9.88 Å². The summed E-state index contributed by atoms with van der Waals surface area (Å²) in [6, 6.07) is 4.13. The number of pyridine rings is 1. The van der Waals surface area contributed by atoms with E-state index in [4.69, 9.17) is 5.73 Å². The lowest BCUT2D eigenvalue weighted by Gasteiger charge is -2.22. The van der Waals surface area contributed by atoms with E-state index in [1.165, 1.54) is 23.4 Å². The number of hydrogen-bond acceptors (Lipinski definition) is 5. The van der Waals surface area contributed by atoms with E-state index in [0.29, 0.717) is 5.92 Å². The van der Waals surface area contributed by atoms with Crippen LogP contribution in [0.5, 0.6) is 0 Å². The van der Waals surface area contributed by atoms with E-state index in [1.807, 2.05) is 30.2 Å². The van der Waals surface area contributed by atoms with Gasteiger partial charge in [-0.25, -0.2) is 0 Å². The van der Waals surface area contributed by atoms with Gasteiger partial charge in [0, 0.05) is 60.5 Å². The number of rotatable bonds is 6. The zero-order valence-electron chi connectivity index (χ0n) is 17.3. The maximum absolute atomic E-state index is 6.71. The first-order valence-corrected chi connectivity index (χ1v) is 11.4. The molecule has 28 heavy (non-hydrogen) atoms. The Bertz CT molecular complexity index is 711. The van der Waals surface area contributed by atoms with E-state index in [1.54, 1.807) is 0 Å². The Labute approximate surface area is 174 Å². The molecular formula is C23H34N4S. The Morgan fingerprint density at radius 3 is 2.96 bits per heavy atom.